The van der Waals surface area contributed by atoms with Crippen LogP contribution in [0.1, 0.15) is 54.4 Å². The van der Waals surface area contributed by atoms with E-state index in [9.17, 15) is 0 Å². The Hall–Kier alpha value is -4.65. The predicted molar refractivity (Wildman–Crippen MR) is 200 cm³/mol. The minimum absolute atomic E-state index is 0.0721. The molecule has 47 heavy (non-hydrogen) atoms. The summed E-state index contributed by atoms with van der Waals surface area (Å²) in [7, 11) is -3.02. The van der Waals surface area contributed by atoms with Crippen molar-refractivity contribution >= 4 is 40.1 Å². The number of nitrogens with zero attached hydrogens (tertiary/aromatic N) is 1. The van der Waals surface area contributed by atoms with Crippen molar-refractivity contribution in [2.24, 2.45) is 0 Å². The van der Waals surface area contributed by atoms with Crippen LogP contribution in [-0.4, -0.2) is 0 Å². The molecule has 0 amide bonds. The van der Waals surface area contributed by atoms with E-state index in [4.69, 9.17) is 0 Å². The monoisotopic (exact) mass is 631 g/mol. The lowest BCUT2D eigenvalue weighted by atomic mass is 9.65. The Bertz CT molecular complexity index is 1870. The van der Waals surface area contributed by atoms with Gasteiger partial charge in [-0.1, -0.05) is 152 Å². The van der Waals surface area contributed by atoms with E-state index in [-0.39, 0.29) is 5.41 Å². The zero-order valence-electron chi connectivity index (χ0n) is 27.3. The van der Waals surface area contributed by atoms with Crippen LogP contribution in [0.25, 0.3) is 0 Å². The molecule has 0 heterocycles. The second kappa shape index (κ2) is 13.2. The first-order valence-corrected chi connectivity index (χ1v) is 18.5. The maximum atomic E-state index is 15.0. The zero-order valence-corrected chi connectivity index (χ0v) is 28.2. The van der Waals surface area contributed by atoms with Gasteiger partial charge in [0, 0.05) is 38.4 Å². The third kappa shape index (κ3) is 5.99. The molecular formula is C44H42NOP. The number of hydrogen-bond donors (Lipinski definition) is 0. The highest BCUT2D eigenvalue weighted by atomic mass is 31.2. The van der Waals surface area contributed by atoms with Gasteiger partial charge in [0.1, 0.15) is 0 Å². The fourth-order valence-corrected chi connectivity index (χ4v) is 10.0. The molecule has 0 aliphatic heterocycles. The molecule has 0 atom stereocenters. The maximum absolute atomic E-state index is 15.0. The highest BCUT2D eigenvalue weighted by Gasteiger charge is 2.37. The molecule has 0 saturated heterocycles. The highest BCUT2D eigenvalue weighted by molar-refractivity contribution is 7.85. The van der Waals surface area contributed by atoms with Crippen molar-refractivity contribution in [3.8, 4) is 0 Å². The van der Waals surface area contributed by atoms with Crippen molar-refractivity contribution in [3.63, 3.8) is 0 Å². The number of aryl methyl sites for hydroxylation is 2. The van der Waals surface area contributed by atoms with Gasteiger partial charge >= 0.3 is 0 Å². The summed E-state index contributed by atoms with van der Waals surface area (Å²) in [6.07, 6.45) is 5.90. The fraction of sp³-hybridized carbons (Fsp3) is 0.182. The van der Waals surface area contributed by atoms with Gasteiger partial charge in [-0.2, -0.15) is 0 Å². The van der Waals surface area contributed by atoms with Crippen molar-refractivity contribution in [2.75, 3.05) is 4.90 Å². The van der Waals surface area contributed by atoms with Gasteiger partial charge in [0.25, 0.3) is 0 Å². The second-order valence-corrected chi connectivity index (χ2v) is 15.8. The molecule has 0 N–H and O–H groups in total. The third-order valence-corrected chi connectivity index (χ3v) is 13.1. The van der Waals surface area contributed by atoms with E-state index in [1.165, 1.54) is 41.5 Å². The average molecular weight is 632 g/mol. The van der Waals surface area contributed by atoms with Crippen molar-refractivity contribution in [1.29, 1.82) is 0 Å². The van der Waals surface area contributed by atoms with Crippen molar-refractivity contribution in [1.82, 2.24) is 0 Å². The number of benzene rings is 6. The summed E-state index contributed by atoms with van der Waals surface area (Å²) in [5.41, 5.74) is 8.55. The molecule has 3 heteroatoms. The van der Waals surface area contributed by atoms with Gasteiger partial charge < -0.3 is 9.46 Å². The zero-order chi connectivity index (χ0) is 32.3. The summed E-state index contributed by atoms with van der Waals surface area (Å²) in [5.74, 6) is 0. The van der Waals surface area contributed by atoms with Gasteiger partial charge in [-0.05, 0) is 74.2 Å². The predicted octanol–water partition coefficient (Wildman–Crippen LogP) is 10.7. The fourth-order valence-electron chi connectivity index (χ4n) is 7.38. The van der Waals surface area contributed by atoms with Crippen LogP contribution >= 0.6 is 7.14 Å². The Kier molecular flexibility index (Phi) is 8.72. The van der Waals surface area contributed by atoms with Crippen LogP contribution in [0.4, 0.5) is 17.1 Å². The number of hydrogen-bond acceptors (Lipinski definition) is 2. The summed E-state index contributed by atoms with van der Waals surface area (Å²) in [4.78, 5) is 2.34. The number of anilines is 3. The molecule has 1 saturated carbocycles. The number of rotatable bonds is 8. The molecule has 0 bridgehead atoms. The Balaban J connectivity index is 1.27. The van der Waals surface area contributed by atoms with Crippen molar-refractivity contribution < 1.29 is 4.57 Å². The minimum atomic E-state index is -3.02. The molecule has 2 nitrogen and oxygen atoms in total. The largest absolute Gasteiger partial charge is 0.311 e. The van der Waals surface area contributed by atoms with Crippen LogP contribution < -0.4 is 20.8 Å². The van der Waals surface area contributed by atoms with Crippen LogP contribution in [-0.2, 0) is 9.98 Å². The van der Waals surface area contributed by atoms with Gasteiger partial charge in [-0.3, -0.25) is 0 Å². The third-order valence-electron chi connectivity index (χ3n) is 9.99. The summed E-state index contributed by atoms with van der Waals surface area (Å²) in [6.45, 7) is 4.26. The minimum Gasteiger partial charge on any atom is -0.311 e. The van der Waals surface area contributed by atoms with Gasteiger partial charge in [0.15, 0.2) is 7.14 Å². The molecule has 0 aromatic heterocycles. The molecular weight excluding hydrogens is 589 g/mol. The molecule has 0 radical (unpaired) electrons. The Morgan fingerprint density at radius 2 is 0.809 bits per heavy atom. The normalized spacial score (nSPS) is 14.4. The summed E-state index contributed by atoms with van der Waals surface area (Å²) in [6, 6.07) is 55.5. The Labute approximate surface area is 280 Å². The maximum Gasteiger partial charge on any atom is 0.171 e. The van der Waals surface area contributed by atoms with E-state index < -0.39 is 7.14 Å². The van der Waals surface area contributed by atoms with Gasteiger partial charge in [0.05, 0.1) is 0 Å². The molecule has 7 rings (SSSR count). The first kappa shape index (κ1) is 31.0. The molecule has 0 spiro atoms. The van der Waals surface area contributed by atoms with Crippen molar-refractivity contribution in [2.45, 2.75) is 51.4 Å². The molecule has 234 valence electrons. The highest BCUT2D eigenvalue weighted by Crippen LogP contribution is 2.47. The van der Waals surface area contributed by atoms with E-state index in [1.54, 1.807) is 0 Å². The standard InChI is InChI=1S/C44H42NOP/c1-34-16-24-38(25-17-34)45(39-26-18-35(2)19-27-39)40-28-20-36(21-29-40)44(32-10-5-11-33-44)37-22-30-43(31-23-37)47(46,41-12-6-3-7-13-41)42-14-8-4-9-15-42/h3-4,6-9,12-31H,5,10-11,32-33H2,1-2H3. The van der Waals surface area contributed by atoms with E-state index in [1.807, 2.05) is 60.7 Å². The quantitative estimate of drug-likeness (QED) is 0.156. The first-order valence-electron chi connectivity index (χ1n) is 16.8. The van der Waals surface area contributed by atoms with Crippen LogP contribution in [0.5, 0.6) is 0 Å². The first-order chi connectivity index (χ1) is 23.0. The molecule has 1 aliphatic rings. The summed E-state index contributed by atoms with van der Waals surface area (Å²) < 4.78 is 15.0. The Morgan fingerprint density at radius 1 is 0.447 bits per heavy atom. The smallest absolute Gasteiger partial charge is 0.171 e. The average Bonchev–Trinajstić information content (AvgIpc) is 3.14. The van der Waals surface area contributed by atoms with E-state index in [0.717, 1.165) is 45.8 Å². The van der Waals surface area contributed by atoms with Gasteiger partial charge in [-0.15, -0.1) is 0 Å². The van der Waals surface area contributed by atoms with Gasteiger partial charge in [-0.25, -0.2) is 0 Å². The molecule has 1 fully saturated rings. The SMILES string of the molecule is Cc1ccc(N(c2ccc(C)cc2)c2ccc(C3(c4ccc(P(=O)(c5ccccc5)c5ccccc5)cc4)CCCCC3)cc2)cc1. The van der Waals surface area contributed by atoms with Crippen LogP contribution in [0, 0.1) is 13.8 Å². The molecule has 6 aromatic rings. The lowest BCUT2D eigenvalue weighted by molar-refractivity contribution is 0.346. The molecule has 1 aliphatic carbocycles. The molecule has 6 aromatic carbocycles. The van der Waals surface area contributed by atoms with Crippen LogP contribution in [0.2, 0.25) is 0 Å². The van der Waals surface area contributed by atoms with E-state index in [0.29, 0.717) is 0 Å². The lowest BCUT2D eigenvalue weighted by Crippen LogP contribution is -2.31. The lowest BCUT2D eigenvalue weighted by Gasteiger charge is -2.39. The van der Waals surface area contributed by atoms with Crippen molar-refractivity contribution in [3.05, 3.63) is 180 Å². The summed E-state index contributed by atoms with van der Waals surface area (Å²) in [5, 5.41) is 2.62. The van der Waals surface area contributed by atoms with E-state index in [2.05, 4.69) is 116 Å². The Morgan fingerprint density at radius 3 is 1.23 bits per heavy atom. The van der Waals surface area contributed by atoms with Gasteiger partial charge in [0.2, 0.25) is 0 Å². The van der Waals surface area contributed by atoms with Crippen LogP contribution in [0.15, 0.2) is 158 Å². The second-order valence-electron chi connectivity index (χ2n) is 13.0. The molecule has 0 unspecified atom stereocenters. The topological polar surface area (TPSA) is 20.3 Å². The van der Waals surface area contributed by atoms with Crippen LogP contribution in [0.3, 0.4) is 0 Å². The van der Waals surface area contributed by atoms with E-state index >= 15 is 4.57 Å². The summed E-state index contributed by atoms with van der Waals surface area (Å²) >= 11 is 0.